The van der Waals surface area contributed by atoms with E-state index in [-0.39, 0.29) is 6.04 Å². The number of hydrogen-bond donors (Lipinski definition) is 1. The van der Waals surface area contributed by atoms with Gasteiger partial charge in [0, 0.05) is 23.6 Å². The van der Waals surface area contributed by atoms with Crippen molar-refractivity contribution in [3.63, 3.8) is 0 Å². The van der Waals surface area contributed by atoms with Crippen molar-refractivity contribution in [1.29, 1.82) is 0 Å². The number of carbonyl (C=O) groups excluding carboxylic acids is 1. The third kappa shape index (κ3) is 2.97. The molecule has 2 rings (SSSR count). The minimum atomic E-state index is 0.0662. The molecular weight excluding hydrogens is 232 g/mol. The predicted molar refractivity (Wildman–Crippen MR) is 73.3 cm³/mol. The molecule has 2 saturated heterocycles. The Morgan fingerprint density at radius 3 is 2.82 bits per heavy atom. The van der Waals surface area contributed by atoms with E-state index in [1.54, 1.807) is 0 Å². The maximum Gasteiger partial charge on any atom is 0.240 e. The van der Waals surface area contributed by atoms with Gasteiger partial charge in [0.2, 0.25) is 5.91 Å². The molecular formula is C13H24N2OS. The van der Waals surface area contributed by atoms with Crippen LogP contribution in [0, 0.1) is 5.92 Å². The van der Waals surface area contributed by atoms with Crippen molar-refractivity contribution in [3.05, 3.63) is 0 Å². The largest absolute Gasteiger partial charge is 0.337 e. The van der Waals surface area contributed by atoms with E-state index in [9.17, 15) is 4.79 Å². The van der Waals surface area contributed by atoms with Crippen LogP contribution in [-0.4, -0.2) is 47.0 Å². The third-order valence-electron chi connectivity index (χ3n) is 4.13. The van der Waals surface area contributed by atoms with Crippen molar-refractivity contribution in [2.75, 3.05) is 18.8 Å². The van der Waals surface area contributed by atoms with Crippen molar-refractivity contribution in [1.82, 2.24) is 10.2 Å². The Kier molecular flexibility index (Phi) is 4.36. The van der Waals surface area contributed by atoms with Gasteiger partial charge in [0.25, 0.3) is 0 Å². The fourth-order valence-corrected chi connectivity index (χ4v) is 3.84. The first kappa shape index (κ1) is 13.2. The summed E-state index contributed by atoms with van der Waals surface area (Å²) in [4.78, 5) is 14.6. The van der Waals surface area contributed by atoms with E-state index in [1.807, 2.05) is 11.8 Å². The van der Waals surface area contributed by atoms with Crippen molar-refractivity contribution >= 4 is 17.7 Å². The molecule has 0 radical (unpaired) electrons. The van der Waals surface area contributed by atoms with Crippen LogP contribution in [0.1, 0.15) is 33.6 Å². The van der Waals surface area contributed by atoms with Crippen molar-refractivity contribution < 1.29 is 4.79 Å². The number of amides is 1. The number of nitrogens with one attached hydrogen (secondary N) is 1. The molecule has 2 fully saturated rings. The summed E-state index contributed by atoms with van der Waals surface area (Å²) >= 11 is 1.98. The molecule has 0 aromatic carbocycles. The Hall–Kier alpha value is -0.220. The van der Waals surface area contributed by atoms with Gasteiger partial charge in [0.15, 0.2) is 0 Å². The first-order chi connectivity index (χ1) is 8.09. The lowest BCUT2D eigenvalue weighted by Crippen LogP contribution is -2.56. The standard InChI is InChI=1S/C13H24N2OS/c1-9-4-5-14-12(8-9)13(16)15-6-7-17-11(3)10(15)2/h9-12,14H,4-8H2,1-3H3. The highest BCUT2D eigenvalue weighted by molar-refractivity contribution is 8.00. The zero-order chi connectivity index (χ0) is 12.4. The molecule has 1 N–H and O–H groups in total. The van der Waals surface area contributed by atoms with Gasteiger partial charge in [-0.2, -0.15) is 11.8 Å². The minimum absolute atomic E-state index is 0.0662. The number of carbonyl (C=O) groups is 1. The van der Waals surface area contributed by atoms with Crippen molar-refractivity contribution in [2.45, 2.75) is 50.9 Å². The Morgan fingerprint density at radius 2 is 2.12 bits per heavy atom. The van der Waals surface area contributed by atoms with Gasteiger partial charge < -0.3 is 10.2 Å². The van der Waals surface area contributed by atoms with Crippen molar-refractivity contribution in [3.8, 4) is 0 Å². The lowest BCUT2D eigenvalue weighted by molar-refractivity contribution is -0.136. The van der Waals surface area contributed by atoms with Gasteiger partial charge >= 0.3 is 0 Å². The maximum atomic E-state index is 12.5. The highest BCUT2D eigenvalue weighted by Crippen LogP contribution is 2.26. The summed E-state index contributed by atoms with van der Waals surface area (Å²) in [5, 5.41) is 3.95. The second-order valence-corrected chi connectivity index (χ2v) is 6.97. The van der Waals surface area contributed by atoms with E-state index in [4.69, 9.17) is 0 Å². The molecule has 1 amide bonds. The average molecular weight is 256 g/mol. The molecule has 4 atom stereocenters. The van der Waals surface area contributed by atoms with E-state index in [2.05, 4.69) is 31.0 Å². The van der Waals surface area contributed by atoms with Crippen LogP contribution in [0.3, 0.4) is 0 Å². The zero-order valence-corrected chi connectivity index (χ0v) is 11.9. The summed E-state index contributed by atoms with van der Waals surface area (Å²) in [6, 6.07) is 0.441. The van der Waals surface area contributed by atoms with Crippen molar-refractivity contribution in [2.24, 2.45) is 5.92 Å². The Labute approximate surface area is 109 Å². The molecule has 4 heteroatoms. The SMILES string of the molecule is CC1CCNC(C(=O)N2CCSC(C)C2C)C1. The number of piperidine rings is 1. The molecule has 17 heavy (non-hydrogen) atoms. The number of nitrogens with zero attached hydrogens (tertiary/aromatic N) is 1. The van der Waals surface area contributed by atoms with E-state index < -0.39 is 0 Å². The second kappa shape index (κ2) is 5.61. The lowest BCUT2D eigenvalue weighted by Gasteiger charge is -2.40. The molecule has 0 aliphatic carbocycles. The monoisotopic (exact) mass is 256 g/mol. The van der Waals surface area contributed by atoms with Crippen LogP contribution in [0.5, 0.6) is 0 Å². The molecule has 0 saturated carbocycles. The van der Waals surface area contributed by atoms with Crippen LogP contribution in [-0.2, 0) is 4.79 Å². The first-order valence-electron chi connectivity index (χ1n) is 6.75. The molecule has 0 bridgehead atoms. The molecule has 3 nitrogen and oxygen atoms in total. The van der Waals surface area contributed by atoms with Crippen LogP contribution in [0.4, 0.5) is 0 Å². The maximum absolute atomic E-state index is 12.5. The van der Waals surface area contributed by atoms with Crippen LogP contribution in [0.2, 0.25) is 0 Å². The lowest BCUT2D eigenvalue weighted by atomic mass is 9.93. The Morgan fingerprint density at radius 1 is 1.35 bits per heavy atom. The number of thioether (sulfide) groups is 1. The Bertz CT molecular complexity index is 285. The van der Waals surface area contributed by atoms with Gasteiger partial charge in [-0.15, -0.1) is 0 Å². The molecule has 4 unspecified atom stereocenters. The van der Waals surface area contributed by atoms with E-state index in [1.165, 1.54) is 6.42 Å². The molecule has 0 aromatic heterocycles. The van der Waals surface area contributed by atoms with Crippen LogP contribution < -0.4 is 5.32 Å². The summed E-state index contributed by atoms with van der Waals surface area (Å²) in [5.41, 5.74) is 0. The van der Waals surface area contributed by atoms with Crippen LogP contribution in [0.15, 0.2) is 0 Å². The topological polar surface area (TPSA) is 32.3 Å². The normalized spacial score (nSPS) is 39.1. The summed E-state index contributed by atoms with van der Waals surface area (Å²) in [6.45, 7) is 8.57. The quantitative estimate of drug-likeness (QED) is 0.775. The van der Waals surface area contributed by atoms with E-state index in [0.717, 1.165) is 25.3 Å². The molecule has 2 aliphatic heterocycles. The second-order valence-electron chi connectivity index (χ2n) is 5.48. The van der Waals surface area contributed by atoms with Gasteiger partial charge in [0.1, 0.15) is 0 Å². The summed E-state index contributed by atoms with van der Waals surface area (Å²) in [6.07, 6.45) is 2.20. The fourth-order valence-electron chi connectivity index (χ4n) is 2.74. The molecule has 0 spiro atoms. The van der Waals surface area contributed by atoms with Crippen LogP contribution >= 0.6 is 11.8 Å². The van der Waals surface area contributed by atoms with E-state index >= 15 is 0 Å². The molecule has 0 aromatic rings. The summed E-state index contributed by atoms with van der Waals surface area (Å²) in [5.74, 6) is 2.09. The van der Waals surface area contributed by atoms with Gasteiger partial charge in [-0.1, -0.05) is 13.8 Å². The first-order valence-corrected chi connectivity index (χ1v) is 7.80. The molecule has 98 valence electrons. The van der Waals surface area contributed by atoms with Gasteiger partial charge in [0.05, 0.1) is 6.04 Å². The van der Waals surface area contributed by atoms with Crippen LogP contribution in [0.25, 0.3) is 0 Å². The molecule has 2 heterocycles. The fraction of sp³-hybridized carbons (Fsp3) is 0.923. The number of hydrogen-bond acceptors (Lipinski definition) is 3. The van der Waals surface area contributed by atoms with Gasteiger partial charge in [-0.05, 0) is 32.2 Å². The van der Waals surface area contributed by atoms with E-state index in [0.29, 0.717) is 23.1 Å². The van der Waals surface area contributed by atoms with Gasteiger partial charge in [-0.3, -0.25) is 4.79 Å². The minimum Gasteiger partial charge on any atom is -0.337 e. The predicted octanol–water partition coefficient (Wildman–Crippen LogP) is 1.73. The third-order valence-corrected chi connectivity index (χ3v) is 5.47. The highest BCUT2D eigenvalue weighted by atomic mass is 32.2. The smallest absolute Gasteiger partial charge is 0.240 e. The molecule has 2 aliphatic rings. The highest BCUT2D eigenvalue weighted by Gasteiger charge is 2.34. The zero-order valence-electron chi connectivity index (χ0n) is 11.1. The number of rotatable bonds is 1. The summed E-state index contributed by atoms with van der Waals surface area (Å²) in [7, 11) is 0. The average Bonchev–Trinajstić information content (AvgIpc) is 2.32. The summed E-state index contributed by atoms with van der Waals surface area (Å²) < 4.78 is 0. The Balaban J connectivity index is 1.98. The van der Waals surface area contributed by atoms with Gasteiger partial charge in [-0.25, -0.2) is 0 Å².